The van der Waals surface area contributed by atoms with E-state index in [1.54, 1.807) is 0 Å². The third kappa shape index (κ3) is 35.4. The zero-order chi connectivity index (χ0) is 39.2. The Morgan fingerprint density at radius 1 is 0.604 bits per heavy atom. The summed E-state index contributed by atoms with van der Waals surface area (Å²) in [6.07, 6.45) is 35.1. The lowest BCUT2D eigenvalue weighted by atomic mass is 9.93. The molecule has 0 aliphatic carbocycles. The number of unbranched alkanes of at least 4 members (excludes halogenated alkanes) is 18. The van der Waals surface area contributed by atoms with E-state index in [0.29, 0.717) is 38.0 Å². The van der Waals surface area contributed by atoms with Crippen molar-refractivity contribution in [3.05, 3.63) is 29.8 Å². The van der Waals surface area contributed by atoms with Crippen LogP contribution in [-0.4, -0.2) is 49.7 Å². The maximum Gasteiger partial charge on any atom is 0.306 e. The van der Waals surface area contributed by atoms with Crippen molar-refractivity contribution in [1.29, 1.82) is 0 Å². The fourth-order valence-electron chi connectivity index (χ4n) is 7.08. The molecule has 0 saturated heterocycles. The van der Waals surface area contributed by atoms with E-state index < -0.39 is 0 Å². The van der Waals surface area contributed by atoms with Crippen molar-refractivity contribution < 1.29 is 19.1 Å². The molecule has 0 N–H and O–H groups in total. The summed E-state index contributed by atoms with van der Waals surface area (Å²) < 4.78 is 11.0. The van der Waals surface area contributed by atoms with E-state index in [2.05, 4.69) is 70.3 Å². The smallest absolute Gasteiger partial charge is 0.306 e. The van der Waals surface area contributed by atoms with Crippen LogP contribution in [-0.2, 0) is 19.1 Å². The highest BCUT2D eigenvalue weighted by Crippen LogP contribution is 2.22. The molecule has 0 rings (SSSR count). The fourth-order valence-corrected chi connectivity index (χ4v) is 7.08. The molecular weight excluding hydrogens is 655 g/mol. The summed E-state index contributed by atoms with van der Waals surface area (Å²) in [7, 11) is 2.29. The van der Waals surface area contributed by atoms with Crippen molar-refractivity contribution in [3.8, 4) is 0 Å². The van der Waals surface area contributed by atoms with E-state index in [1.165, 1.54) is 135 Å². The van der Waals surface area contributed by atoms with E-state index in [-0.39, 0.29) is 17.9 Å². The van der Waals surface area contributed by atoms with Crippen LogP contribution < -0.4 is 0 Å². The first-order chi connectivity index (χ1) is 25.7. The molecular formula is C48H87NO4. The molecule has 0 radical (unpaired) electrons. The first kappa shape index (κ1) is 51.0. The highest BCUT2D eigenvalue weighted by atomic mass is 16.5. The van der Waals surface area contributed by atoms with Gasteiger partial charge in [-0.15, -0.1) is 0 Å². The molecule has 5 heteroatoms. The summed E-state index contributed by atoms with van der Waals surface area (Å²) >= 11 is 0. The van der Waals surface area contributed by atoms with Crippen molar-refractivity contribution in [2.24, 2.45) is 17.8 Å². The van der Waals surface area contributed by atoms with Crippen LogP contribution in [0.15, 0.2) is 29.8 Å². The SMILES string of the molecule is C=C=C=C=CC(CCCCC)CC(=O)OCCCCCCCCCCC(CCCCCCCCCCOC(=O)CC(C)CCCCC)CN(C)C(C)C. The minimum Gasteiger partial charge on any atom is -0.466 e. The Hall–Kier alpha value is -2.02. The molecule has 0 aliphatic rings. The van der Waals surface area contributed by atoms with E-state index >= 15 is 0 Å². The maximum absolute atomic E-state index is 12.4. The van der Waals surface area contributed by atoms with Gasteiger partial charge in [0, 0.05) is 19.0 Å². The quantitative estimate of drug-likeness (QED) is 0.0358. The summed E-state index contributed by atoms with van der Waals surface area (Å²) in [6, 6.07) is 0.607. The zero-order valence-electron chi connectivity index (χ0n) is 36.1. The van der Waals surface area contributed by atoms with Gasteiger partial charge in [-0.2, -0.15) is 0 Å². The average Bonchev–Trinajstić information content (AvgIpc) is 3.12. The van der Waals surface area contributed by atoms with Gasteiger partial charge in [-0.05, 0) is 89.1 Å². The minimum atomic E-state index is -0.0951. The van der Waals surface area contributed by atoms with Crippen LogP contribution in [0.1, 0.15) is 214 Å². The minimum absolute atomic E-state index is 0.00488. The number of carbonyl (C=O) groups excluding carboxylic acids is 2. The Labute approximate surface area is 329 Å². The lowest BCUT2D eigenvalue weighted by Gasteiger charge is -2.27. The Morgan fingerprint density at radius 3 is 1.51 bits per heavy atom. The number of nitrogens with zero attached hydrogens (tertiary/aromatic N) is 1. The summed E-state index contributed by atoms with van der Waals surface area (Å²) in [6.45, 7) is 17.1. The van der Waals surface area contributed by atoms with Gasteiger partial charge in [-0.25, -0.2) is 0 Å². The van der Waals surface area contributed by atoms with Crippen molar-refractivity contribution in [2.75, 3.05) is 26.8 Å². The monoisotopic (exact) mass is 742 g/mol. The van der Waals surface area contributed by atoms with Crippen LogP contribution in [0.5, 0.6) is 0 Å². The first-order valence-corrected chi connectivity index (χ1v) is 22.6. The lowest BCUT2D eigenvalue weighted by Crippen LogP contribution is -2.31. The molecule has 53 heavy (non-hydrogen) atoms. The number of allylic oxidation sites excluding steroid dienone is 1. The second kappa shape index (κ2) is 38.3. The predicted octanol–water partition coefficient (Wildman–Crippen LogP) is 13.9. The highest BCUT2D eigenvalue weighted by molar-refractivity contribution is 5.70. The molecule has 0 bridgehead atoms. The molecule has 0 spiro atoms. The average molecular weight is 742 g/mol. The van der Waals surface area contributed by atoms with E-state index in [0.717, 1.165) is 44.4 Å². The standard InChI is InChI=1S/C48H87NO4/c1-8-11-26-33-44(6)40-47(50)52-38-31-24-20-16-14-18-22-29-36-46(42-49(7)43(4)5)37-30-23-19-15-17-21-25-32-39-53-48(51)41-45(34-27-12-9-2)35-28-13-10-3/h34,43-46H,2,8,10-11,13-26,28-33,35-42H2,1,3-7H3. The van der Waals surface area contributed by atoms with Crippen molar-refractivity contribution in [1.82, 2.24) is 4.90 Å². The summed E-state index contributed by atoms with van der Waals surface area (Å²) in [5, 5.41) is 0. The van der Waals surface area contributed by atoms with Gasteiger partial charge in [-0.3, -0.25) is 9.59 Å². The second-order valence-electron chi connectivity index (χ2n) is 16.5. The van der Waals surface area contributed by atoms with Crippen LogP contribution >= 0.6 is 0 Å². The molecule has 3 unspecified atom stereocenters. The van der Waals surface area contributed by atoms with Crippen LogP contribution in [0, 0.1) is 17.8 Å². The molecule has 5 nitrogen and oxygen atoms in total. The first-order valence-electron chi connectivity index (χ1n) is 22.6. The molecule has 3 atom stereocenters. The van der Waals surface area contributed by atoms with Crippen LogP contribution in [0.2, 0.25) is 0 Å². The maximum atomic E-state index is 12.4. The van der Waals surface area contributed by atoms with Crippen LogP contribution in [0.3, 0.4) is 0 Å². The third-order valence-electron chi connectivity index (χ3n) is 10.9. The Balaban J connectivity index is 3.97. The van der Waals surface area contributed by atoms with Crippen LogP contribution in [0.25, 0.3) is 0 Å². The van der Waals surface area contributed by atoms with Gasteiger partial charge in [0.2, 0.25) is 0 Å². The number of rotatable bonds is 38. The van der Waals surface area contributed by atoms with Gasteiger partial charge in [0.25, 0.3) is 0 Å². The second-order valence-corrected chi connectivity index (χ2v) is 16.5. The predicted molar refractivity (Wildman–Crippen MR) is 227 cm³/mol. The zero-order valence-corrected chi connectivity index (χ0v) is 36.1. The van der Waals surface area contributed by atoms with Crippen molar-refractivity contribution in [3.63, 3.8) is 0 Å². The molecule has 0 heterocycles. The summed E-state index contributed by atoms with van der Waals surface area (Å²) in [5.74, 6) is 1.32. The Kier molecular flexibility index (Phi) is 36.8. The normalized spacial score (nSPS) is 12.9. The summed E-state index contributed by atoms with van der Waals surface area (Å²) in [5.41, 5.74) is 8.29. The van der Waals surface area contributed by atoms with Crippen LogP contribution in [0.4, 0.5) is 0 Å². The summed E-state index contributed by atoms with van der Waals surface area (Å²) in [4.78, 5) is 27.0. The van der Waals surface area contributed by atoms with E-state index in [9.17, 15) is 9.59 Å². The molecule has 0 fully saturated rings. The van der Waals surface area contributed by atoms with Gasteiger partial charge in [0.1, 0.15) is 0 Å². The molecule has 0 aliphatic heterocycles. The highest BCUT2D eigenvalue weighted by Gasteiger charge is 2.15. The van der Waals surface area contributed by atoms with Gasteiger partial charge >= 0.3 is 11.9 Å². The van der Waals surface area contributed by atoms with Gasteiger partial charge in [0.05, 0.1) is 19.6 Å². The topological polar surface area (TPSA) is 55.8 Å². The molecule has 0 amide bonds. The number of carbonyl (C=O) groups is 2. The number of hydrogen-bond acceptors (Lipinski definition) is 5. The molecule has 0 aromatic carbocycles. The third-order valence-corrected chi connectivity index (χ3v) is 10.9. The Bertz CT molecular complexity index is 972. The van der Waals surface area contributed by atoms with Gasteiger partial charge < -0.3 is 14.4 Å². The lowest BCUT2D eigenvalue weighted by molar-refractivity contribution is -0.145. The molecule has 0 saturated carbocycles. The fraction of sp³-hybridized carbons (Fsp3) is 0.854. The number of hydrogen-bond donors (Lipinski definition) is 0. The van der Waals surface area contributed by atoms with E-state index in [4.69, 9.17) is 9.47 Å². The molecule has 308 valence electrons. The molecule has 0 aromatic heterocycles. The van der Waals surface area contributed by atoms with Crippen molar-refractivity contribution in [2.45, 2.75) is 220 Å². The molecule has 0 aromatic rings. The number of ether oxygens (including phenoxy) is 2. The Morgan fingerprint density at radius 2 is 1.04 bits per heavy atom. The number of esters is 2. The van der Waals surface area contributed by atoms with Gasteiger partial charge in [-0.1, -0.05) is 167 Å². The van der Waals surface area contributed by atoms with Gasteiger partial charge in [0.15, 0.2) is 0 Å². The van der Waals surface area contributed by atoms with E-state index in [1.807, 2.05) is 6.08 Å². The van der Waals surface area contributed by atoms with Crippen molar-refractivity contribution >= 4 is 11.9 Å². The largest absolute Gasteiger partial charge is 0.466 e.